The van der Waals surface area contributed by atoms with Gasteiger partial charge in [-0.05, 0) is 96.0 Å². The smallest absolute Gasteiger partial charge is 0.325 e. The van der Waals surface area contributed by atoms with E-state index in [2.05, 4.69) is 47.5 Å². The first-order chi connectivity index (χ1) is 37.4. The van der Waals surface area contributed by atoms with Crippen LogP contribution in [-0.4, -0.2) is 200 Å². The highest BCUT2D eigenvalue weighted by molar-refractivity contribution is 7.98. The summed E-state index contributed by atoms with van der Waals surface area (Å²) in [7, 11) is 0. The van der Waals surface area contributed by atoms with E-state index in [9.17, 15) is 78.0 Å². The number of hydrogen-bond acceptors (Lipinski definition) is 17. The molecule has 0 unspecified atom stereocenters. The maximum atomic E-state index is 14.6. The maximum absolute atomic E-state index is 14.6. The van der Waals surface area contributed by atoms with E-state index in [1.54, 1.807) is 34.0 Å². The largest absolute Gasteiger partial charge is 0.481 e. The lowest BCUT2D eigenvalue weighted by Crippen LogP contribution is -2.62. The molecule has 0 radical (unpaired) electrons. The van der Waals surface area contributed by atoms with Crippen LogP contribution in [0.15, 0.2) is 4.99 Å². The first-order valence-electron chi connectivity index (χ1n) is 26.5. The van der Waals surface area contributed by atoms with Gasteiger partial charge in [0.2, 0.25) is 59.1 Å². The lowest BCUT2D eigenvalue weighted by atomic mass is 9.97. The van der Waals surface area contributed by atoms with E-state index in [4.69, 9.17) is 22.9 Å². The predicted octanol–water partition coefficient (Wildman–Crippen LogP) is -4.92. The Hall–Kier alpha value is -6.86. The van der Waals surface area contributed by atoms with Gasteiger partial charge in [-0.15, -0.1) is 0 Å². The number of likely N-dealkylation sites (tertiary alicyclic amines) is 1. The maximum Gasteiger partial charge on any atom is 0.325 e. The van der Waals surface area contributed by atoms with Gasteiger partial charge in [-0.25, -0.2) is 0 Å². The number of primary amides is 1. The number of aliphatic imine (C=N–C) groups is 1. The van der Waals surface area contributed by atoms with Gasteiger partial charge < -0.3 is 90.8 Å². The number of aliphatic hydroxyl groups is 2. The van der Waals surface area contributed by atoms with Crippen molar-refractivity contribution in [2.24, 2.45) is 39.8 Å². The van der Waals surface area contributed by atoms with Crippen molar-refractivity contribution < 1.29 is 78.0 Å². The zero-order valence-corrected chi connectivity index (χ0v) is 47.6. The minimum atomic E-state index is -1.72. The molecule has 1 fully saturated rings. The van der Waals surface area contributed by atoms with Gasteiger partial charge in [0.05, 0.1) is 18.2 Å². The second kappa shape index (κ2) is 35.7. The second-order valence-corrected chi connectivity index (χ2v) is 21.2. The van der Waals surface area contributed by atoms with E-state index in [1.807, 2.05) is 0 Å². The predicted molar refractivity (Wildman–Crippen MR) is 292 cm³/mol. The number of carbonyl (C=O) groups excluding carboxylic acids is 10. The Kier molecular flexibility index (Phi) is 31.7. The first-order valence-corrected chi connectivity index (χ1v) is 27.9. The molecule has 13 atom stereocenters. The highest BCUT2D eigenvalue weighted by atomic mass is 32.2. The monoisotopic (exact) mass is 1160 g/mol. The summed E-state index contributed by atoms with van der Waals surface area (Å²) >= 11 is 1.41. The molecule has 30 nitrogen and oxygen atoms in total. The van der Waals surface area contributed by atoms with Gasteiger partial charge in [-0.2, -0.15) is 11.8 Å². The van der Waals surface area contributed by atoms with Gasteiger partial charge in [0.1, 0.15) is 54.4 Å². The van der Waals surface area contributed by atoms with Gasteiger partial charge in [0.25, 0.3) is 0 Å². The molecule has 0 aromatic heterocycles. The Bertz CT molecular complexity index is 2180. The number of carbonyl (C=O) groups is 12. The molecule has 31 heteroatoms. The van der Waals surface area contributed by atoms with Crippen molar-refractivity contribution in [2.45, 2.75) is 192 Å². The Morgan fingerprint density at radius 2 is 1.12 bits per heavy atom. The minimum absolute atomic E-state index is 0.00894. The van der Waals surface area contributed by atoms with Crippen LogP contribution in [0.1, 0.15) is 119 Å². The molecule has 0 aliphatic carbocycles. The number of rotatable bonds is 37. The van der Waals surface area contributed by atoms with E-state index in [1.165, 1.54) is 37.4 Å². The summed E-state index contributed by atoms with van der Waals surface area (Å²) in [4.78, 5) is 164. The summed E-state index contributed by atoms with van der Waals surface area (Å²) in [6, 6.07) is -14.5. The highest BCUT2D eigenvalue weighted by Gasteiger charge is 2.41. The van der Waals surface area contributed by atoms with E-state index in [0.717, 1.165) is 0 Å². The van der Waals surface area contributed by atoms with Crippen LogP contribution in [0.4, 0.5) is 0 Å². The molecule has 20 N–H and O–H groups in total. The summed E-state index contributed by atoms with van der Waals surface area (Å²) in [6.07, 6.45) is -2.75. The van der Waals surface area contributed by atoms with E-state index >= 15 is 0 Å². The van der Waals surface area contributed by atoms with Crippen molar-refractivity contribution in [1.29, 1.82) is 0 Å². The Labute approximate surface area is 469 Å². The Morgan fingerprint density at radius 1 is 0.625 bits per heavy atom. The number of carboxylic acid groups (broad SMARTS) is 2. The molecular formula is C49H86N14O16S. The molecule has 0 bridgehead atoms. The van der Waals surface area contributed by atoms with E-state index in [0.29, 0.717) is 12.2 Å². The number of nitrogens with zero attached hydrogens (tertiary/aromatic N) is 2. The van der Waals surface area contributed by atoms with Gasteiger partial charge in [0, 0.05) is 25.9 Å². The molecule has 454 valence electrons. The van der Waals surface area contributed by atoms with Crippen LogP contribution in [-0.2, 0) is 57.5 Å². The summed E-state index contributed by atoms with van der Waals surface area (Å²) in [5.41, 5.74) is 22.4. The van der Waals surface area contributed by atoms with Crippen LogP contribution < -0.4 is 65.5 Å². The van der Waals surface area contributed by atoms with Gasteiger partial charge >= 0.3 is 11.9 Å². The van der Waals surface area contributed by atoms with E-state index < -0.39 is 175 Å². The number of amides is 10. The SMILES string of the molecule is CC[C@H](C)[C@H](NC(=O)[C@@H](NC(=O)[C@H](CC(C)C)NC(=O)[C@@H]1CCCN1C(=O)[C@H](CCCN=C(N)N)NC(=O)[C@H](CCC(N)=O)NC(=O)[C@H](CCC(=O)O)NC(=O)[C@@H](NC(=O)[C@@H](N)CCSC)[C@@H](C)O)[C@@H](C)O)C(=O)N[C@@H](C)C(=O)O. The van der Waals surface area contributed by atoms with Gasteiger partial charge in [0.15, 0.2) is 5.96 Å². The van der Waals surface area contributed by atoms with Crippen molar-refractivity contribution in [1.82, 2.24) is 47.4 Å². The molecule has 0 aromatic rings. The second-order valence-electron chi connectivity index (χ2n) is 20.2. The Balaban J connectivity index is 3.58. The summed E-state index contributed by atoms with van der Waals surface area (Å²) in [5, 5.41) is 59.5. The molecule has 1 aliphatic heterocycles. The van der Waals surface area contributed by atoms with Crippen molar-refractivity contribution in [3.05, 3.63) is 0 Å². The van der Waals surface area contributed by atoms with Crippen LogP contribution in [0.3, 0.4) is 0 Å². The highest BCUT2D eigenvalue weighted by Crippen LogP contribution is 2.21. The molecule has 1 rings (SSSR count). The fraction of sp³-hybridized carbons (Fsp3) is 0.735. The fourth-order valence-electron chi connectivity index (χ4n) is 8.14. The first kappa shape index (κ1) is 71.2. The fourth-order valence-corrected chi connectivity index (χ4v) is 8.63. The van der Waals surface area contributed by atoms with Crippen LogP contribution in [0.2, 0.25) is 0 Å². The quantitative estimate of drug-likeness (QED) is 0.0157. The zero-order valence-electron chi connectivity index (χ0n) is 46.8. The third-order valence-electron chi connectivity index (χ3n) is 12.9. The van der Waals surface area contributed by atoms with Crippen molar-refractivity contribution >= 4 is 88.7 Å². The topological polar surface area (TPSA) is 502 Å². The van der Waals surface area contributed by atoms with Crippen molar-refractivity contribution in [2.75, 3.05) is 25.1 Å². The number of carboxylic acids is 2. The number of guanidine groups is 1. The molecule has 1 aliphatic rings. The van der Waals surface area contributed by atoms with Gasteiger partial charge in [-0.1, -0.05) is 34.1 Å². The minimum Gasteiger partial charge on any atom is -0.481 e. The molecule has 1 heterocycles. The van der Waals surface area contributed by atoms with Crippen LogP contribution in [0, 0.1) is 11.8 Å². The molecule has 1 saturated heterocycles. The third-order valence-corrected chi connectivity index (χ3v) is 13.6. The average Bonchev–Trinajstić information content (AvgIpc) is 3.87. The molecule has 0 spiro atoms. The molecule has 0 saturated carbocycles. The number of nitrogens with one attached hydrogen (secondary N) is 8. The lowest BCUT2D eigenvalue weighted by molar-refractivity contribution is -0.143. The lowest BCUT2D eigenvalue weighted by Gasteiger charge is -2.32. The average molecular weight is 1160 g/mol. The summed E-state index contributed by atoms with van der Waals surface area (Å²) < 4.78 is 0. The van der Waals surface area contributed by atoms with Crippen molar-refractivity contribution in [3.63, 3.8) is 0 Å². The number of aliphatic carboxylic acids is 2. The van der Waals surface area contributed by atoms with E-state index in [-0.39, 0.29) is 63.5 Å². The number of hydrogen-bond donors (Lipinski definition) is 16. The van der Waals surface area contributed by atoms with Crippen LogP contribution in [0.25, 0.3) is 0 Å². The Morgan fingerprint density at radius 3 is 1.62 bits per heavy atom. The van der Waals surface area contributed by atoms with Crippen LogP contribution in [0.5, 0.6) is 0 Å². The molecule has 10 amide bonds. The standard InChI is InChI=1S/C49H86N14O16S/c1-9-24(4)36(44(74)55-25(5)48(78)79)60-46(76)38(27(7)65)62-42(72)32(22-23(2)3)59-43(73)33-13-11-20-63(33)47(77)31(12-10-19-54-49(52)53)58-41(71)29(14-16-34(51)66)56-40(70)30(15-17-35(67)68)57-45(75)37(26(6)64)61-39(69)28(50)18-21-80-8/h23-33,36-38,64-65H,9-22,50H2,1-8H3,(H2,51,66)(H,55,74)(H,56,70)(H,57,75)(H,58,71)(H,59,73)(H,60,76)(H,61,69)(H,62,72)(H,67,68)(H,78,79)(H4,52,53,54)/t24-,25-,26+,27+,28-,29-,30-,31-,32-,33-,36-,37-,38-/m0/s1. The number of nitrogens with two attached hydrogens (primary N) is 4. The third kappa shape index (κ3) is 25.1. The summed E-state index contributed by atoms with van der Waals surface area (Å²) in [5.74, 6) is -12.6. The van der Waals surface area contributed by atoms with Gasteiger partial charge in [-0.3, -0.25) is 62.5 Å². The molecule has 80 heavy (non-hydrogen) atoms. The zero-order chi connectivity index (χ0) is 61.1. The molecule has 0 aromatic carbocycles. The normalized spacial score (nSPS) is 17.6. The van der Waals surface area contributed by atoms with Crippen molar-refractivity contribution in [3.8, 4) is 0 Å². The van der Waals surface area contributed by atoms with Crippen LogP contribution >= 0.6 is 11.8 Å². The summed E-state index contributed by atoms with van der Waals surface area (Å²) in [6.45, 7) is 10.4. The number of thioether (sulfide) groups is 1. The molecular weight excluding hydrogens is 1070 g/mol. The number of aliphatic hydroxyl groups excluding tert-OH is 2.